The number of nitrogens with one attached hydrogen (secondary N) is 1. The van der Waals surface area contributed by atoms with E-state index in [4.69, 9.17) is 14.0 Å². The first-order valence-electron chi connectivity index (χ1n) is 9.13. The Hall–Kier alpha value is -3.28. The molecule has 6 nitrogen and oxygen atoms in total. The smallest absolute Gasteiger partial charge is 0.236 e. The second kappa shape index (κ2) is 7.03. The highest BCUT2D eigenvalue weighted by Crippen LogP contribution is 2.49. The molecular formula is C22H22N2O4. The van der Waals surface area contributed by atoms with E-state index in [-0.39, 0.29) is 5.91 Å². The van der Waals surface area contributed by atoms with E-state index in [1.54, 1.807) is 14.2 Å². The van der Waals surface area contributed by atoms with E-state index in [0.717, 1.165) is 29.7 Å². The highest BCUT2D eigenvalue weighted by molar-refractivity contribution is 6.01. The molecule has 0 bridgehead atoms. The molecule has 1 fully saturated rings. The number of aromatic nitrogens is 1. The normalized spacial score (nSPS) is 14.4. The number of rotatable bonds is 6. The molecule has 1 N–H and O–H groups in total. The zero-order valence-corrected chi connectivity index (χ0v) is 16.1. The predicted molar refractivity (Wildman–Crippen MR) is 106 cm³/mol. The number of nitrogens with zero attached hydrogens (tertiary/aromatic N) is 1. The Bertz CT molecular complexity index is 1020. The number of benzene rings is 2. The maximum atomic E-state index is 12.9. The fourth-order valence-electron chi connectivity index (χ4n) is 3.32. The van der Waals surface area contributed by atoms with Gasteiger partial charge in [0.1, 0.15) is 0 Å². The van der Waals surface area contributed by atoms with E-state index in [0.29, 0.717) is 23.0 Å². The van der Waals surface area contributed by atoms with Gasteiger partial charge in [0, 0.05) is 17.3 Å². The molecule has 3 aromatic rings. The van der Waals surface area contributed by atoms with Crippen LogP contribution in [0.15, 0.2) is 53.1 Å². The van der Waals surface area contributed by atoms with Gasteiger partial charge in [-0.3, -0.25) is 4.79 Å². The van der Waals surface area contributed by atoms with Crippen LogP contribution in [0, 0.1) is 6.92 Å². The lowest BCUT2D eigenvalue weighted by Gasteiger charge is -2.12. The quantitative estimate of drug-likeness (QED) is 0.691. The summed E-state index contributed by atoms with van der Waals surface area (Å²) in [7, 11) is 3.18. The molecule has 0 unspecified atom stereocenters. The molecule has 1 aliphatic rings. The topological polar surface area (TPSA) is 73.6 Å². The number of amides is 1. The fraction of sp³-hybridized carbons (Fsp3) is 0.273. The summed E-state index contributed by atoms with van der Waals surface area (Å²) in [5.74, 6) is 1.79. The molecule has 6 heteroatoms. The lowest BCUT2D eigenvalue weighted by molar-refractivity contribution is -0.118. The molecular weight excluding hydrogens is 356 g/mol. The molecule has 28 heavy (non-hydrogen) atoms. The average molecular weight is 378 g/mol. The van der Waals surface area contributed by atoms with E-state index in [2.05, 4.69) is 10.5 Å². The number of carbonyl (C=O) groups is 1. The minimum atomic E-state index is -0.623. The second-order valence-electron chi connectivity index (χ2n) is 7.05. The van der Waals surface area contributed by atoms with E-state index >= 15 is 0 Å². The molecule has 0 aliphatic heterocycles. The molecule has 1 aliphatic carbocycles. The van der Waals surface area contributed by atoms with Gasteiger partial charge < -0.3 is 19.3 Å². The van der Waals surface area contributed by atoms with Crippen molar-refractivity contribution in [1.29, 1.82) is 0 Å². The minimum Gasteiger partial charge on any atom is -0.493 e. The highest BCUT2D eigenvalue weighted by Gasteiger charge is 2.53. The summed E-state index contributed by atoms with van der Waals surface area (Å²) in [6, 6.07) is 15.1. The van der Waals surface area contributed by atoms with Crippen LogP contribution in [0.1, 0.15) is 24.1 Å². The maximum absolute atomic E-state index is 12.9. The van der Waals surface area contributed by atoms with Crippen LogP contribution in [-0.2, 0) is 10.2 Å². The number of ether oxygens (including phenoxy) is 2. The standard InChI is InChI=1S/C22H22N2O4/c1-14-5-4-6-16(11-14)23-21(25)22(9-10-22)20-13-18(28-24-20)15-7-8-17(26-2)19(12-15)27-3/h4-8,11-13H,9-10H2,1-3H3,(H,23,25). The summed E-state index contributed by atoms with van der Waals surface area (Å²) in [5.41, 5.74) is 2.73. The lowest BCUT2D eigenvalue weighted by atomic mass is 10.00. The molecule has 1 amide bonds. The van der Waals surface area contributed by atoms with Gasteiger partial charge in [0.05, 0.1) is 25.3 Å². The van der Waals surface area contributed by atoms with Crippen molar-refractivity contribution in [1.82, 2.24) is 5.16 Å². The summed E-state index contributed by atoms with van der Waals surface area (Å²) in [6.45, 7) is 2.00. The molecule has 0 saturated heterocycles. The Balaban J connectivity index is 1.57. The van der Waals surface area contributed by atoms with Crippen LogP contribution >= 0.6 is 0 Å². The maximum Gasteiger partial charge on any atom is 0.236 e. The van der Waals surface area contributed by atoms with Gasteiger partial charge in [-0.05, 0) is 55.7 Å². The summed E-state index contributed by atoms with van der Waals surface area (Å²) in [4.78, 5) is 12.9. The van der Waals surface area contributed by atoms with Crippen LogP contribution in [0.25, 0.3) is 11.3 Å². The number of aryl methyl sites for hydroxylation is 1. The fourth-order valence-corrected chi connectivity index (χ4v) is 3.32. The predicted octanol–water partition coefficient (Wildman–Crippen LogP) is 4.34. The van der Waals surface area contributed by atoms with Gasteiger partial charge in [-0.25, -0.2) is 0 Å². The van der Waals surface area contributed by atoms with Gasteiger partial charge in [-0.2, -0.15) is 0 Å². The van der Waals surface area contributed by atoms with Crippen molar-refractivity contribution >= 4 is 11.6 Å². The molecule has 0 atom stereocenters. The van der Waals surface area contributed by atoms with Gasteiger partial charge in [-0.15, -0.1) is 0 Å². The zero-order chi connectivity index (χ0) is 19.7. The number of carbonyl (C=O) groups excluding carboxylic acids is 1. The van der Waals surface area contributed by atoms with E-state index in [1.807, 2.05) is 55.5 Å². The number of hydrogen-bond donors (Lipinski definition) is 1. The van der Waals surface area contributed by atoms with Crippen LogP contribution in [0.3, 0.4) is 0 Å². The third-order valence-corrected chi connectivity index (χ3v) is 5.13. The molecule has 2 aromatic carbocycles. The summed E-state index contributed by atoms with van der Waals surface area (Å²) in [5, 5.41) is 7.21. The van der Waals surface area contributed by atoms with Crippen molar-refractivity contribution in [3.63, 3.8) is 0 Å². The number of anilines is 1. The van der Waals surface area contributed by atoms with Gasteiger partial charge in [0.2, 0.25) is 5.91 Å². The third kappa shape index (κ3) is 3.22. The molecule has 0 radical (unpaired) electrons. The molecule has 4 rings (SSSR count). The lowest BCUT2D eigenvalue weighted by Crippen LogP contribution is -2.28. The first-order valence-corrected chi connectivity index (χ1v) is 9.13. The van der Waals surface area contributed by atoms with Crippen LogP contribution < -0.4 is 14.8 Å². The van der Waals surface area contributed by atoms with E-state index in [9.17, 15) is 4.79 Å². The van der Waals surface area contributed by atoms with Gasteiger partial charge >= 0.3 is 0 Å². The van der Waals surface area contributed by atoms with Gasteiger partial charge in [0.15, 0.2) is 17.3 Å². The first-order chi connectivity index (χ1) is 13.6. The van der Waals surface area contributed by atoms with Crippen LogP contribution in [0.5, 0.6) is 11.5 Å². The van der Waals surface area contributed by atoms with Crippen molar-refractivity contribution in [2.24, 2.45) is 0 Å². The second-order valence-corrected chi connectivity index (χ2v) is 7.05. The summed E-state index contributed by atoms with van der Waals surface area (Å²) in [6.07, 6.45) is 1.51. The Labute approximate surface area is 163 Å². The SMILES string of the molecule is COc1ccc(-c2cc(C3(C(=O)Nc4cccc(C)c4)CC3)no2)cc1OC. The Morgan fingerprint density at radius 3 is 2.54 bits per heavy atom. The van der Waals surface area contributed by atoms with Gasteiger partial charge in [0.25, 0.3) is 0 Å². The first kappa shape index (κ1) is 18.1. The molecule has 1 heterocycles. The summed E-state index contributed by atoms with van der Waals surface area (Å²) >= 11 is 0. The Morgan fingerprint density at radius 1 is 1.07 bits per heavy atom. The molecule has 144 valence electrons. The number of hydrogen-bond acceptors (Lipinski definition) is 5. The van der Waals surface area contributed by atoms with Crippen molar-refractivity contribution in [2.75, 3.05) is 19.5 Å². The summed E-state index contributed by atoms with van der Waals surface area (Å²) < 4.78 is 16.2. The van der Waals surface area contributed by atoms with Crippen molar-refractivity contribution in [3.8, 4) is 22.8 Å². The van der Waals surface area contributed by atoms with Crippen molar-refractivity contribution in [3.05, 3.63) is 59.8 Å². The number of methoxy groups -OCH3 is 2. The van der Waals surface area contributed by atoms with Crippen molar-refractivity contribution in [2.45, 2.75) is 25.2 Å². The molecule has 1 aromatic heterocycles. The zero-order valence-electron chi connectivity index (χ0n) is 16.1. The highest BCUT2D eigenvalue weighted by atomic mass is 16.5. The third-order valence-electron chi connectivity index (χ3n) is 5.13. The average Bonchev–Trinajstić information content (AvgIpc) is 3.37. The Morgan fingerprint density at radius 2 is 1.86 bits per heavy atom. The molecule has 0 spiro atoms. The van der Waals surface area contributed by atoms with Crippen LogP contribution in [0.4, 0.5) is 5.69 Å². The monoisotopic (exact) mass is 378 g/mol. The molecule has 1 saturated carbocycles. The minimum absolute atomic E-state index is 0.0507. The van der Waals surface area contributed by atoms with Crippen LogP contribution in [-0.4, -0.2) is 25.3 Å². The van der Waals surface area contributed by atoms with E-state index in [1.165, 1.54) is 0 Å². The van der Waals surface area contributed by atoms with Gasteiger partial charge in [-0.1, -0.05) is 17.3 Å². The van der Waals surface area contributed by atoms with E-state index < -0.39 is 5.41 Å². The van der Waals surface area contributed by atoms with Crippen molar-refractivity contribution < 1.29 is 18.8 Å². The Kier molecular flexibility index (Phi) is 4.55. The van der Waals surface area contributed by atoms with Crippen LogP contribution in [0.2, 0.25) is 0 Å². The largest absolute Gasteiger partial charge is 0.493 e.